The molecule has 4 rings (SSSR count). The van der Waals surface area contributed by atoms with Crippen molar-refractivity contribution in [3.63, 3.8) is 0 Å². The minimum absolute atomic E-state index is 0.00638. The molecule has 1 aromatic heterocycles. The number of carbonyl (C=O) groups is 2. The highest BCUT2D eigenvalue weighted by Gasteiger charge is 2.41. The molecule has 14 heteroatoms. The molecule has 2 fully saturated rings. The fourth-order valence-corrected chi connectivity index (χ4v) is 4.46. The monoisotopic (exact) mass is 539 g/mol. The number of hydrazone groups is 1. The highest BCUT2D eigenvalue weighted by atomic mass is 19.3. The topological polar surface area (TPSA) is 130 Å². The van der Waals surface area contributed by atoms with Crippen molar-refractivity contribution >= 4 is 17.6 Å². The smallest absolute Gasteiger partial charge is 0.298 e. The number of carbonyl (C=O) groups excluding carboxylic acids is 2. The summed E-state index contributed by atoms with van der Waals surface area (Å²) < 4.78 is 69.9. The number of nitrogens with one attached hydrogen (secondary N) is 1. The van der Waals surface area contributed by atoms with Gasteiger partial charge in [-0.2, -0.15) is 9.49 Å². The maximum Gasteiger partial charge on any atom is 0.298 e. The van der Waals surface area contributed by atoms with E-state index in [0.29, 0.717) is 10.6 Å². The molecule has 2 heterocycles. The van der Waals surface area contributed by atoms with Crippen LogP contribution in [-0.2, 0) is 9.59 Å². The van der Waals surface area contributed by atoms with Gasteiger partial charge in [-0.1, -0.05) is 24.3 Å². The number of pyridine rings is 1. The van der Waals surface area contributed by atoms with Gasteiger partial charge >= 0.3 is 0 Å². The second-order valence-corrected chi connectivity index (χ2v) is 9.16. The lowest BCUT2D eigenvalue weighted by Crippen LogP contribution is -2.53. The first kappa shape index (κ1) is 27.2. The summed E-state index contributed by atoms with van der Waals surface area (Å²) in [6.45, 7) is -1.36. The van der Waals surface area contributed by atoms with E-state index in [2.05, 4.69) is 15.4 Å². The molecular formula is C24H26F5N7O2. The number of amidine groups is 1. The average Bonchev–Trinajstić information content (AvgIpc) is 3.63. The lowest BCUT2D eigenvalue weighted by molar-refractivity contribution is -0.139. The largest absolute Gasteiger partial charge is 0.342 e. The number of hydrazine groups is 1. The van der Waals surface area contributed by atoms with E-state index in [0.717, 1.165) is 23.8 Å². The minimum Gasteiger partial charge on any atom is -0.342 e. The van der Waals surface area contributed by atoms with Crippen molar-refractivity contribution in [1.29, 1.82) is 0 Å². The summed E-state index contributed by atoms with van der Waals surface area (Å²) in [5, 5.41) is 5.72. The van der Waals surface area contributed by atoms with E-state index in [4.69, 9.17) is 11.7 Å². The van der Waals surface area contributed by atoms with Crippen LogP contribution in [0, 0.1) is 11.8 Å². The third-order valence-electron chi connectivity index (χ3n) is 6.52. The maximum atomic E-state index is 14.8. The van der Waals surface area contributed by atoms with E-state index in [1.807, 2.05) is 0 Å². The molecule has 204 valence electrons. The summed E-state index contributed by atoms with van der Waals surface area (Å²) >= 11 is 0. The standard InChI is InChI=1S/C24H26F5N7O2/c25-13-9-18(35(10-13)19(37)11-36(31)23(34-30)21(27)28)24(38)33-20(15-3-1-2-4-16(15)26)17-8-7-14(12-5-6-12)22(29)32-17/h1-4,7-8,12-13,18,20-21H,5-6,9-11,30-31H2,(H,33,38)/b34-23-/t13-,18+,20?/m1/s1. The number of halogens is 5. The number of rotatable bonds is 8. The SMILES string of the molecule is N/N=C(/C(F)F)N(N)CC(=O)N1C[C@H](F)C[C@H]1C(=O)NC(c1ccc(C2CC2)c(F)n1)c1ccccc1F. The molecule has 1 saturated carbocycles. The predicted octanol–water partition coefficient (Wildman–Crippen LogP) is 2.09. The molecule has 1 saturated heterocycles. The van der Waals surface area contributed by atoms with Crippen molar-refractivity contribution in [1.82, 2.24) is 20.2 Å². The summed E-state index contributed by atoms with van der Waals surface area (Å²) in [4.78, 5) is 30.9. The fourth-order valence-electron chi connectivity index (χ4n) is 4.46. The van der Waals surface area contributed by atoms with Crippen LogP contribution in [-0.4, -0.2) is 64.3 Å². The number of hydrogen-bond donors (Lipinski definition) is 3. The Morgan fingerprint density at radius 1 is 1.18 bits per heavy atom. The summed E-state index contributed by atoms with van der Waals surface area (Å²) in [7, 11) is 0. The Kier molecular flexibility index (Phi) is 8.09. The van der Waals surface area contributed by atoms with E-state index < -0.39 is 73.6 Å². The van der Waals surface area contributed by atoms with Gasteiger partial charge in [-0.3, -0.25) is 14.6 Å². The maximum absolute atomic E-state index is 14.8. The average molecular weight is 540 g/mol. The summed E-state index contributed by atoms with van der Waals surface area (Å²) in [5.41, 5.74) is 0.413. The summed E-state index contributed by atoms with van der Waals surface area (Å²) in [5.74, 6) is 6.12. The van der Waals surface area contributed by atoms with Gasteiger partial charge in [-0.15, -0.1) is 0 Å². The molecule has 1 aromatic carbocycles. The molecule has 0 bridgehead atoms. The molecule has 1 aliphatic carbocycles. The van der Waals surface area contributed by atoms with Crippen molar-refractivity contribution in [2.45, 2.75) is 49.9 Å². The number of amides is 2. The van der Waals surface area contributed by atoms with E-state index in [1.165, 1.54) is 30.3 Å². The predicted molar refractivity (Wildman–Crippen MR) is 126 cm³/mol. The molecule has 5 N–H and O–H groups in total. The molecule has 2 aliphatic rings. The Morgan fingerprint density at radius 2 is 1.89 bits per heavy atom. The van der Waals surface area contributed by atoms with Crippen LogP contribution >= 0.6 is 0 Å². The third kappa shape index (κ3) is 5.85. The Labute approximate surface area is 214 Å². The number of benzene rings is 1. The van der Waals surface area contributed by atoms with Crippen molar-refractivity contribution in [3.8, 4) is 0 Å². The van der Waals surface area contributed by atoms with Crippen LogP contribution < -0.4 is 17.0 Å². The first-order valence-corrected chi connectivity index (χ1v) is 11.8. The lowest BCUT2D eigenvalue weighted by Gasteiger charge is -2.28. The zero-order chi connectivity index (χ0) is 27.6. The van der Waals surface area contributed by atoms with Crippen molar-refractivity contribution in [3.05, 3.63) is 65.0 Å². The number of alkyl halides is 3. The zero-order valence-electron chi connectivity index (χ0n) is 20.0. The van der Waals surface area contributed by atoms with Crippen molar-refractivity contribution < 1.29 is 31.5 Å². The van der Waals surface area contributed by atoms with Crippen LogP contribution in [0.5, 0.6) is 0 Å². The number of nitrogens with two attached hydrogens (primary N) is 2. The number of hydrogen-bond acceptors (Lipinski definition) is 6. The summed E-state index contributed by atoms with van der Waals surface area (Å²) in [6.07, 6.45) is -3.51. The Bertz CT molecular complexity index is 1230. The molecule has 1 aliphatic heterocycles. The Balaban J connectivity index is 1.58. The molecular weight excluding hydrogens is 513 g/mol. The second kappa shape index (κ2) is 11.3. The van der Waals surface area contributed by atoms with Crippen molar-refractivity contribution in [2.75, 3.05) is 13.1 Å². The first-order chi connectivity index (χ1) is 18.1. The number of nitrogens with zero attached hydrogens (tertiary/aromatic N) is 4. The van der Waals surface area contributed by atoms with E-state index in [1.54, 1.807) is 0 Å². The van der Waals surface area contributed by atoms with Gasteiger partial charge in [-0.05, 0) is 30.9 Å². The molecule has 0 spiro atoms. The van der Waals surface area contributed by atoms with Gasteiger partial charge in [0.15, 0.2) is 0 Å². The van der Waals surface area contributed by atoms with Gasteiger partial charge < -0.3 is 16.1 Å². The number of likely N-dealkylation sites (tertiary alicyclic amines) is 1. The third-order valence-corrected chi connectivity index (χ3v) is 6.52. The molecule has 9 nitrogen and oxygen atoms in total. The van der Waals surface area contributed by atoms with Gasteiger partial charge in [0.1, 0.15) is 24.6 Å². The van der Waals surface area contributed by atoms with E-state index >= 15 is 0 Å². The Hall–Kier alpha value is -3.81. The summed E-state index contributed by atoms with van der Waals surface area (Å²) in [6, 6.07) is 5.87. The molecule has 3 atom stereocenters. The highest BCUT2D eigenvalue weighted by Crippen LogP contribution is 2.41. The molecule has 1 unspecified atom stereocenters. The normalized spacial score (nSPS) is 20.5. The Morgan fingerprint density at radius 3 is 2.50 bits per heavy atom. The zero-order valence-corrected chi connectivity index (χ0v) is 20.0. The molecule has 2 amide bonds. The second-order valence-electron chi connectivity index (χ2n) is 9.16. The molecule has 38 heavy (non-hydrogen) atoms. The first-order valence-electron chi connectivity index (χ1n) is 11.8. The van der Waals surface area contributed by atoms with Gasteiger partial charge in [0.25, 0.3) is 6.43 Å². The quantitative estimate of drug-likeness (QED) is 0.118. The molecule has 0 radical (unpaired) electrons. The van der Waals surface area contributed by atoms with Crippen LogP contribution in [0.2, 0.25) is 0 Å². The van der Waals surface area contributed by atoms with Crippen LogP contribution in [0.15, 0.2) is 41.5 Å². The van der Waals surface area contributed by atoms with Crippen LogP contribution in [0.3, 0.4) is 0 Å². The van der Waals surface area contributed by atoms with E-state index in [9.17, 15) is 31.5 Å². The van der Waals surface area contributed by atoms with Crippen LogP contribution in [0.25, 0.3) is 0 Å². The van der Waals surface area contributed by atoms with Crippen LogP contribution in [0.1, 0.15) is 48.0 Å². The lowest BCUT2D eigenvalue weighted by atomic mass is 10.0. The van der Waals surface area contributed by atoms with E-state index in [-0.39, 0.29) is 17.2 Å². The minimum atomic E-state index is -3.18. The number of aromatic nitrogens is 1. The van der Waals surface area contributed by atoms with Crippen molar-refractivity contribution in [2.24, 2.45) is 16.8 Å². The van der Waals surface area contributed by atoms with Gasteiger partial charge in [0.05, 0.1) is 18.3 Å². The molecule has 2 aromatic rings. The van der Waals surface area contributed by atoms with Gasteiger partial charge in [-0.25, -0.2) is 28.4 Å². The van der Waals surface area contributed by atoms with Gasteiger partial charge in [0, 0.05) is 17.5 Å². The highest BCUT2D eigenvalue weighted by molar-refractivity contribution is 5.92. The fraction of sp³-hybridized carbons (Fsp3) is 0.417. The van der Waals surface area contributed by atoms with Gasteiger partial charge in [0.2, 0.25) is 23.6 Å². The van der Waals surface area contributed by atoms with Crippen LogP contribution in [0.4, 0.5) is 22.0 Å².